The van der Waals surface area contributed by atoms with Crippen molar-refractivity contribution in [3.8, 4) is 16.4 Å². The van der Waals surface area contributed by atoms with Gasteiger partial charge in [-0.05, 0) is 46.8 Å². The standard InChI is InChI=1S/C22H16F2O5S/c1-27-17-8-12(10-25)7-16-19(21(29-20(16)17)18-3-2-4-30-18)22(26)28-11-13-5-14(23)9-15(24)6-13/h2-9,25H,10-11H2,1H3. The molecular formula is C22H16F2O5S. The van der Waals surface area contributed by atoms with E-state index >= 15 is 0 Å². The molecule has 154 valence electrons. The molecule has 0 aliphatic rings. The number of aliphatic hydroxyl groups is 1. The third-order valence-corrected chi connectivity index (χ3v) is 5.33. The number of fused-ring (bicyclic) bond motifs is 1. The highest BCUT2D eigenvalue weighted by molar-refractivity contribution is 7.13. The van der Waals surface area contributed by atoms with Crippen LogP contribution in [0.15, 0.2) is 52.3 Å². The Morgan fingerprint density at radius 3 is 2.53 bits per heavy atom. The maximum atomic E-state index is 13.4. The Labute approximate surface area is 174 Å². The van der Waals surface area contributed by atoms with E-state index in [0.717, 1.165) is 18.2 Å². The van der Waals surface area contributed by atoms with E-state index in [0.29, 0.717) is 32.9 Å². The van der Waals surface area contributed by atoms with Gasteiger partial charge in [-0.1, -0.05) is 6.07 Å². The van der Waals surface area contributed by atoms with Gasteiger partial charge in [0.1, 0.15) is 23.8 Å². The highest BCUT2D eigenvalue weighted by atomic mass is 32.1. The average Bonchev–Trinajstić information content (AvgIpc) is 3.38. The molecule has 2 aromatic heterocycles. The van der Waals surface area contributed by atoms with Gasteiger partial charge in [0.05, 0.1) is 18.6 Å². The molecule has 0 radical (unpaired) electrons. The first kappa shape index (κ1) is 20.1. The number of methoxy groups -OCH3 is 1. The maximum Gasteiger partial charge on any atom is 0.343 e. The molecule has 0 fully saturated rings. The summed E-state index contributed by atoms with van der Waals surface area (Å²) in [7, 11) is 1.46. The lowest BCUT2D eigenvalue weighted by molar-refractivity contribution is 0.0474. The SMILES string of the molecule is COc1cc(CO)cc2c(C(=O)OCc3cc(F)cc(F)c3)c(-c3cccs3)oc12. The summed E-state index contributed by atoms with van der Waals surface area (Å²) in [5, 5.41) is 11.8. The van der Waals surface area contributed by atoms with E-state index in [-0.39, 0.29) is 24.3 Å². The van der Waals surface area contributed by atoms with Crippen LogP contribution < -0.4 is 4.74 Å². The van der Waals surface area contributed by atoms with Crippen molar-refractivity contribution < 1.29 is 32.6 Å². The fourth-order valence-electron chi connectivity index (χ4n) is 3.17. The predicted molar refractivity (Wildman–Crippen MR) is 107 cm³/mol. The largest absolute Gasteiger partial charge is 0.493 e. The second kappa shape index (κ2) is 8.25. The number of hydrogen-bond donors (Lipinski definition) is 1. The van der Waals surface area contributed by atoms with E-state index in [1.807, 2.05) is 11.4 Å². The van der Waals surface area contributed by atoms with Gasteiger partial charge in [-0.15, -0.1) is 11.3 Å². The normalized spacial score (nSPS) is 11.1. The smallest absolute Gasteiger partial charge is 0.343 e. The molecule has 0 bridgehead atoms. The van der Waals surface area contributed by atoms with E-state index in [4.69, 9.17) is 13.9 Å². The molecule has 1 N–H and O–H groups in total. The van der Waals surface area contributed by atoms with E-state index < -0.39 is 17.6 Å². The number of carbonyl (C=O) groups is 1. The third-order valence-electron chi connectivity index (χ3n) is 4.46. The van der Waals surface area contributed by atoms with Crippen molar-refractivity contribution in [2.75, 3.05) is 7.11 Å². The second-order valence-electron chi connectivity index (χ2n) is 6.47. The molecular weight excluding hydrogens is 414 g/mol. The van der Waals surface area contributed by atoms with Crippen molar-refractivity contribution in [2.24, 2.45) is 0 Å². The zero-order chi connectivity index (χ0) is 21.3. The molecule has 0 aliphatic heterocycles. The molecule has 4 rings (SSSR count). The Balaban J connectivity index is 1.79. The Bertz CT molecular complexity index is 1190. The van der Waals surface area contributed by atoms with Crippen molar-refractivity contribution in [1.82, 2.24) is 0 Å². The molecule has 0 atom stereocenters. The van der Waals surface area contributed by atoms with Crippen LogP contribution in [0.2, 0.25) is 0 Å². The van der Waals surface area contributed by atoms with Gasteiger partial charge < -0.3 is 19.0 Å². The number of esters is 1. The lowest BCUT2D eigenvalue weighted by atomic mass is 10.1. The summed E-state index contributed by atoms with van der Waals surface area (Å²) in [6, 6.07) is 9.78. The van der Waals surface area contributed by atoms with Gasteiger partial charge in [0.15, 0.2) is 17.1 Å². The van der Waals surface area contributed by atoms with Gasteiger partial charge in [0.25, 0.3) is 0 Å². The van der Waals surface area contributed by atoms with Crippen LogP contribution in [-0.2, 0) is 18.0 Å². The van der Waals surface area contributed by atoms with Gasteiger partial charge in [-0.2, -0.15) is 0 Å². The first-order chi connectivity index (χ1) is 14.5. The van der Waals surface area contributed by atoms with Crippen LogP contribution in [0.3, 0.4) is 0 Å². The summed E-state index contributed by atoms with van der Waals surface area (Å²) in [5.41, 5.74) is 1.19. The van der Waals surface area contributed by atoms with Gasteiger partial charge in [-0.3, -0.25) is 0 Å². The number of aliphatic hydroxyl groups excluding tert-OH is 1. The minimum absolute atomic E-state index is 0.151. The van der Waals surface area contributed by atoms with Crippen molar-refractivity contribution in [3.05, 3.63) is 76.2 Å². The Hall–Kier alpha value is -3.23. The molecule has 4 aromatic rings. The van der Waals surface area contributed by atoms with Crippen LogP contribution in [0.5, 0.6) is 5.75 Å². The van der Waals surface area contributed by atoms with E-state index in [1.54, 1.807) is 18.2 Å². The number of furan rings is 1. The molecule has 30 heavy (non-hydrogen) atoms. The van der Waals surface area contributed by atoms with Crippen molar-refractivity contribution >= 4 is 28.3 Å². The fraction of sp³-hybridized carbons (Fsp3) is 0.136. The minimum atomic E-state index is -0.758. The van der Waals surface area contributed by atoms with Gasteiger partial charge in [0, 0.05) is 11.5 Å². The molecule has 0 saturated heterocycles. The van der Waals surface area contributed by atoms with Crippen LogP contribution in [0.25, 0.3) is 21.6 Å². The minimum Gasteiger partial charge on any atom is -0.493 e. The van der Waals surface area contributed by atoms with E-state index in [9.17, 15) is 18.7 Å². The zero-order valence-electron chi connectivity index (χ0n) is 15.8. The Morgan fingerprint density at radius 2 is 1.90 bits per heavy atom. The first-order valence-electron chi connectivity index (χ1n) is 8.90. The fourth-order valence-corrected chi connectivity index (χ4v) is 3.88. The van der Waals surface area contributed by atoms with Crippen LogP contribution in [-0.4, -0.2) is 18.2 Å². The van der Waals surface area contributed by atoms with Crippen molar-refractivity contribution in [2.45, 2.75) is 13.2 Å². The first-order valence-corrected chi connectivity index (χ1v) is 9.78. The molecule has 0 aliphatic carbocycles. The number of hydrogen-bond acceptors (Lipinski definition) is 6. The van der Waals surface area contributed by atoms with Crippen LogP contribution in [0, 0.1) is 11.6 Å². The lowest BCUT2D eigenvalue weighted by Crippen LogP contribution is -2.06. The highest BCUT2D eigenvalue weighted by Gasteiger charge is 2.26. The second-order valence-corrected chi connectivity index (χ2v) is 7.42. The molecule has 2 heterocycles. The Kier molecular flexibility index (Phi) is 5.52. The number of benzene rings is 2. The summed E-state index contributed by atoms with van der Waals surface area (Å²) in [4.78, 5) is 13.7. The summed E-state index contributed by atoms with van der Waals surface area (Å²) in [5.74, 6) is -1.58. The van der Waals surface area contributed by atoms with Crippen LogP contribution in [0.4, 0.5) is 8.78 Å². The number of halogens is 2. The summed E-state index contributed by atoms with van der Waals surface area (Å²) < 4.78 is 43.5. The number of thiophene rings is 1. The van der Waals surface area contributed by atoms with Gasteiger partial charge in [0.2, 0.25) is 0 Å². The topological polar surface area (TPSA) is 68.9 Å². The number of carbonyl (C=O) groups excluding carboxylic acids is 1. The highest BCUT2D eigenvalue weighted by Crippen LogP contribution is 2.40. The molecule has 0 saturated carbocycles. The van der Waals surface area contributed by atoms with Crippen molar-refractivity contribution in [1.29, 1.82) is 0 Å². The summed E-state index contributed by atoms with van der Waals surface area (Å²) in [6.45, 7) is -0.580. The quantitative estimate of drug-likeness (QED) is 0.421. The number of rotatable bonds is 6. The number of ether oxygens (including phenoxy) is 2. The lowest BCUT2D eigenvalue weighted by Gasteiger charge is -2.07. The Morgan fingerprint density at radius 1 is 1.13 bits per heavy atom. The molecule has 2 aromatic carbocycles. The van der Waals surface area contributed by atoms with E-state index in [1.165, 1.54) is 18.4 Å². The predicted octanol–water partition coefficient (Wildman–Crippen LogP) is 5.30. The van der Waals surface area contributed by atoms with E-state index in [2.05, 4.69) is 0 Å². The summed E-state index contributed by atoms with van der Waals surface area (Å²) in [6.07, 6.45) is 0. The molecule has 8 heteroatoms. The average molecular weight is 430 g/mol. The third kappa shape index (κ3) is 3.79. The van der Waals surface area contributed by atoms with Crippen LogP contribution in [0.1, 0.15) is 21.5 Å². The van der Waals surface area contributed by atoms with Crippen LogP contribution >= 0.6 is 11.3 Å². The monoisotopic (exact) mass is 430 g/mol. The van der Waals surface area contributed by atoms with Crippen molar-refractivity contribution in [3.63, 3.8) is 0 Å². The molecule has 0 amide bonds. The molecule has 0 spiro atoms. The van der Waals surface area contributed by atoms with Gasteiger partial charge >= 0.3 is 5.97 Å². The van der Waals surface area contributed by atoms with Gasteiger partial charge in [-0.25, -0.2) is 13.6 Å². The maximum absolute atomic E-state index is 13.4. The summed E-state index contributed by atoms with van der Waals surface area (Å²) >= 11 is 1.37. The molecule has 5 nitrogen and oxygen atoms in total. The molecule has 0 unspecified atom stereocenters. The zero-order valence-corrected chi connectivity index (χ0v) is 16.6.